The van der Waals surface area contributed by atoms with Gasteiger partial charge in [0.1, 0.15) is 0 Å². The highest BCUT2D eigenvalue weighted by Crippen LogP contribution is 2.39. The van der Waals surface area contributed by atoms with Crippen molar-refractivity contribution in [2.75, 3.05) is 13.1 Å². The first kappa shape index (κ1) is 15.8. The van der Waals surface area contributed by atoms with Gasteiger partial charge >= 0.3 is 0 Å². The van der Waals surface area contributed by atoms with Gasteiger partial charge in [-0.05, 0) is 50.4 Å². The van der Waals surface area contributed by atoms with Crippen molar-refractivity contribution >= 4 is 0 Å². The Kier molecular flexibility index (Phi) is 4.95. The highest BCUT2D eigenvalue weighted by Gasteiger charge is 2.37. The van der Waals surface area contributed by atoms with Crippen LogP contribution in [0.25, 0.3) is 0 Å². The van der Waals surface area contributed by atoms with Crippen LogP contribution in [0.2, 0.25) is 0 Å². The number of nitrogens with zero attached hydrogens (tertiary/aromatic N) is 1. The van der Waals surface area contributed by atoms with E-state index < -0.39 is 0 Å². The van der Waals surface area contributed by atoms with Crippen LogP contribution in [-0.2, 0) is 0 Å². The Hall–Kier alpha value is -0.0800. The molecule has 1 saturated heterocycles. The lowest BCUT2D eigenvalue weighted by atomic mass is 9.74. The van der Waals surface area contributed by atoms with E-state index in [0.29, 0.717) is 5.41 Å². The number of rotatable bonds is 2. The number of nitrogens with one attached hydrogen (secondary N) is 1. The lowest BCUT2D eigenvalue weighted by Crippen LogP contribution is -2.61. The predicted molar refractivity (Wildman–Crippen MR) is 90.6 cm³/mol. The first-order chi connectivity index (χ1) is 10.1. The van der Waals surface area contributed by atoms with Crippen molar-refractivity contribution in [1.82, 2.24) is 10.2 Å². The molecule has 3 unspecified atom stereocenters. The topological polar surface area (TPSA) is 15.3 Å². The standard InChI is InChI=1S/C19H36N2/c1-15-13-20-18(16-8-5-4-6-9-16)14-21(15)17-10-7-11-19(2,3)12-17/h15-18,20H,4-14H2,1-3H3. The molecule has 1 heterocycles. The van der Waals surface area contributed by atoms with Gasteiger partial charge in [0.05, 0.1) is 0 Å². The quantitative estimate of drug-likeness (QED) is 0.820. The summed E-state index contributed by atoms with van der Waals surface area (Å²) in [4.78, 5) is 2.89. The lowest BCUT2D eigenvalue weighted by Gasteiger charge is -2.49. The maximum Gasteiger partial charge on any atom is 0.0224 e. The van der Waals surface area contributed by atoms with Gasteiger partial charge < -0.3 is 5.32 Å². The fourth-order valence-corrected chi connectivity index (χ4v) is 5.21. The normalized spacial score (nSPS) is 39.3. The third kappa shape index (κ3) is 3.82. The molecule has 2 heteroatoms. The Morgan fingerprint density at radius 1 is 1.00 bits per heavy atom. The molecule has 122 valence electrons. The van der Waals surface area contributed by atoms with Gasteiger partial charge in [0.2, 0.25) is 0 Å². The smallest absolute Gasteiger partial charge is 0.0224 e. The van der Waals surface area contributed by atoms with Crippen LogP contribution < -0.4 is 5.32 Å². The summed E-state index contributed by atoms with van der Waals surface area (Å²) in [6, 6.07) is 2.34. The zero-order valence-corrected chi connectivity index (χ0v) is 14.5. The molecule has 0 aromatic heterocycles. The fourth-order valence-electron chi connectivity index (χ4n) is 5.21. The van der Waals surface area contributed by atoms with Gasteiger partial charge in [-0.25, -0.2) is 0 Å². The van der Waals surface area contributed by atoms with E-state index >= 15 is 0 Å². The largest absolute Gasteiger partial charge is 0.311 e. The van der Waals surface area contributed by atoms with Crippen molar-refractivity contribution in [2.24, 2.45) is 11.3 Å². The van der Waals surface area contributed by atoms with Gasteiger partial charge in [0.25, 0.3) is 0 Å². The van der Waals surface area contributed by atoms with E-state index in [1.807, 2.05) is 0 Å². The van der Waals surface area contributed by atoms with Crippen molar-refractivity contribution < 1.29 is 0 Å². The molecule has 1 aliphatic heterocycles. The fraction of sp³-hybridized carbons (Fsp3) is 1.00. The van der Waals surface area contributed by atoms with Crippen molar-refractivity contribution in [3.63, 3.8) is 0 Å². The van der Waals surface area contributed by atoms with Gasteiger partial charge in [-0.15, -0.1) is 0 Å². The zero-order chi connectivity index (χ0) is 14.9. The number of hydrogen-bond donors (Lipinski definition) is 1. The Morgan fingerprint density at radius 2 is 1.76 bits per heavy atom. The highest BCUT2D eigenvalue weighted by molar-refractivity contribution is 4.94. The molecule has 1 N–H and O–H groups in total. The van der Waals surface area contributed by atoms with Gasteiger partial charge in [-0.1, -0.05) is 39.5 Å². The molecule has 0 amide bonds. The zero-order valence-electron chi connectivity index (χ0n) is 14.5. The van der Waals surface area contributed by atoms with E-state index in [1.54, 1.807) is 0 Å². The Balaban J connectivity index is 1.62. The molecule has 3 aliphatic rings. The minimum absolute atomic E-state index is 0.563. The SMILES string of the molecule is CC1CNC(C2CCCCC2)CN1C1CCCC(C)(C)C1. The summed E-state index contributed by atoms with van der Waals surface area (Å²) < 4.78 is 0. The molecule has 2 aliphatic carbocycles. The van der Waals surface area contributed by atoms with Crippen LogP contribution in [0.1, 0.15) is 78.6 Å². The Labute approximate surface area is 132 Å². The van der Waals surface area contributed by atoms with Crippen molar-refractivity contribution in [1.29, 1.82) is 0 Å². The molecule has 3 atom stereocenters. The van der Waals surface area contributed by atoms with Crippen molar-refractivity contribution in [3.8, 4) is 0 Å². The highest BCUT2D eigenvalue weighted by atomic mass is 15.3. The molecule has 3 fully saturated rings. The Bertz CT molecular complexity index is 332. The van der Waals surface area contributed by atoms with Crippen LogP contribution in [0.5, 0.6) is 0 Å². The van der Waals surface area contributed by atoms with Crippen molar-refractivity contribution in [3.05, 3.63) is 0 Å². The maximum absolute atomic E-state index is 3.89. The first-order valence-corrected chi connectivity index (χ1v) is 9.54. The van der Waals surface area contributed by atoms with Crippen LogP contribution in [-0.4, -0.2) is 36.1 Å². The molecule has 3 rings (SSSR count). The average Bonchev–Trinajstić information content (AvgIpc) is 2.47. The van der Waals surface area contributed by atoms with E-state index in [1.165, 1.54) is 70.9 Å². The summed E-state index contributed by atoms with van der Waals surface area (Å²) in [6.07, 6.45) is 13.0. The van der Waals surface area contributed by atoms with E-state index in [0.717, 1.165) is 24.0 Å². The van der Waals surface area contributed by atoms with E-state index in [9.17, 15) is 0 Å². The molecule has 2 saturated carbocycles. The van der Waals surface area contributed by atoms with E-state index in [4.69, 9.17) is 0 Å². The molecule has 21 heavy (non-hydrogen) atoms. The van der Waals surface area contributed by atoms with E-state index in [2.05, 4.69) is 31.0 Å². The summed E-state index contributed by atoms with van der Waals surface area (Å²) in [5, 5.41) is 3.89. The predicted octanol–water partition coefficient (Wildman–Crippen LogP) is 4.20. The van der Waals surface area contributed by atoms with Crippen LogP contribution >= 0.6 is 0 Å². The lowest BCUT2D eigenvalue weighted by molar-refractivity contribution is 0.0240. The molecular weight excluding hydrogens is 256 g/mol. The number of piperazine rings is 1. The van der Waals surface area contributed by atoms with Gasteiger partial charge in [-0.2, -0.15) is 0 Å². The second-order valence-electron chi connectivity index (χ2n) is 8.87. The summed E-state index contributed by atoms with van der Waals surface area (Å²) in [7, 11) is 0. The number of hydrogen-bond acceptors (Lipinski definition) is 2. The Morgan fingerprint density at radius 3 is 2.48 bits per heavy atom. The van der Waals surface area contributed by atoms with Crippen LogP contribution in [0.15, 0.2) is 0 Å². The second kappa shape index (κ2) is 6.58. The second-order valence-corrected chi connectivity index (χ2v) is 8.87. The summed E-state index contributed by atoms with van der Waals surface area (Å²) in [6.45, 7) is 9.91. The summed E-state index contributed by atoms with van der Waals surface area (Å²) in [5.41, 5.74) is 0.563. The van der Waals surface area contributed by atoms with E-state index in [-0.39, 0.29) is 0 Å². The van der Waals surface area contributed by atoms with Gasteiger partial charge in [0.15, 0.2) is 0 Å². The third-order valence-electron chi connectivity index (χ3n) is 6.52. The van der Waals surface area contributed by atoms with Crippen LogP contribution in [0.4, 0.5) is 0 Å². The minimum Gasteiger partial charge on any atom is -0.311 e. The molecule has 0 aromatic carbocycles. The van der Waals surface area contributed by atoms with Gasteiger partial charge in [0, 0.05) is 31.2 Å². The third-order valence-corrected chi connectivity index (χ3v) is 6.52. The minimum atomic E-state index is 0.563. The van der Waals surface area contributed by atoms with Crippen LogP contribution in [0, 0.1) is 11.3 Å². The average molecular weight is 293 g/mol. The summed E-state index contributed by atoms with van der Waals surface area (Å²) >= 11 is 0. The van der Waals surface area contributed by atoms with Crippen LogP contribution in [0.3, 0.4) is 0 Å². The maximum atomic E-state index is 3.89. The molecule has 0 radical (unpaired) electrons. The molecule has 0 bridgehead atoms. The van der Waals surface area contributed by atoms with Crippen molar-refractivity contribution in [2.45, 2.75) is 96.7 Å². The molecule has 0 spiro atoms. The molecule has 0 aromatic rings. The first-order valence-electron chi connectivity index (χ1n) is 9.54. The molecule has 2 nitrogen and oxygen atoms in total. The van der Waals surface area contributed by atoms with Gasteiger partial charge in [-0.3, -0.25) is 4.90 Å². The monoisotopic (exact) mass is 292 g/mol. The molecular formula is C19H36N2. The summed E-state index contributed by atoms with van der Waals surface area (Å²) in [5.74, 6) is 0.949.